The number of hydrogen-bond acceptors (Lipinski definition) is 6. The Morgan fingerprint density at radius 1 is 0.884 bits per heavy atom. The van der Waals surface area contributed by atoms with E-state index >= 15 is 0 Å². The molecule has 3 rings (SSSR count). The molecule has 0 radical (unpaired) electrons. The van der Waals surface area contributed by atoms with E-state index in [2.05, 4.69) is 5.32 Å². The predicted molar refractivity (Wildman–Crippen MR) is 169 cm³/mol. The number of ether oxygens (including phenoxy) is 2. The third-order valence-electron chi connectivity index (χ3n) is 7.36. The highest BCUT2D eigenvalue weighted by Crippen LogP contribution is 2.34. The van der Waals surface area contributed by atoms with Crippen molar-refractivity contribution in [3.63, 3.8) is 0 Å². The second-order valence-corrected chi connectivity index (χ2v) is 12.5. The first-order valence-electron chi connectivity index (χ1n) is 14.4. The fraction of sp³-hybridized carbons (Fsp3) is 0.394. The molecule has 0 unspecified atom stereocenters. The maximum Gasteiger partial charge on any atom is 0.264 e. The Morgan fingerprint density at radius 2 is 1.56 bits per heavy atom. The summed E-state index contributed by atoms with van der Waals surface area (Å²) < 4.78 is 40.4. The molecule has 0 saturated carbocycles. The van der Waals surface area contributed by atoms with Crippen LogP contribution >= 0.6 is 0 Å². The fourth-order valence-corrected chi connectivity index (χ4v) is 6.09. The number of amides is 2. The lowest BCUT2D eigenvalue weighted by Crippen LogP contribution is -2.53. The van der Waals surface area contributed by atoms with Crippen molar-refractivity contribution in [1.82, 2.24) is 10.2 Å². The van der Waals surface area contributed by atoms with Crippen molar-refractivity contribution < 1.29 is 27.5 Å². The van der Waals surface area contributed by atoms with Gasteiger partial charge in [-0.1, -0.05) is 49.7 Å². The van der Waals surface area contributed by atoms with Crippen LogP contribution in [0.25, 0.3) is 0 Å². The van der Waals surface area contributed by atoms with Crippen LogP contribution in [0.2, 0.25) is 0 Å². The Kier molecular flexibility index (Phi) is 11.6. The zero-order chi connectivity index (χ0) is 31.7. The molecule has 0 heterocycles. The zero-order valence-corrected chi connectivity index (χ0v) is 26.9. The van der Waals surface area contributed by atoms with E-state index in [1.807, 2.05) is 52.8 Å². The van der Waals surface area contributed by atoms with E-state index in [0.29, 0.717) is 17.9 Å². The van der Waals surface area contributed by atoms with Crippen molar-refractivity contribution in [2.24, 2.45) is 0 Å². The van der Waals surface area contributed by atoms with Crippen molar-refractivity contribution in [2.45, 2.75) is 71.0 Å². The van der Waals surface area contributed by atoms with Gasteiger partial charge in [-0.25, -0.2) is 8.42 Å². The molecule has 2 atom stereocenters. The number of hydrogen-bond donors (Lipinski definition) is 1. The minimum absolute atomic E-state index is 0.0374. The molecule has 0 spiro atoms. The minimum atomic E-state index is -4.22. The summed E-state index contributed by atoms with van der Waals surface area (Å²) in [5.41, 5.74) is 2.66. The highest BCUT2D eigenvalue weighted by Gasteiger charge is 2.35. The van der Waals surface area contributed by atoms with E-state index in [9.17, 15) is 18.0 Å². The number of benzene rings is 3. The van der Waals surface area contributed by atoms with Gasteiger partial charge in [0, 0.05) is 12.6 Å². The summed E-state index contributed by atoms with van der Waals surface area (Å²) in [6.07, 6.45) is 1.05. The molecule has 0 saturated heterocycles. The molecule has 0 bridgehead atoms. The van der Waals surface area contributed by atoms with Gasteiger partial charge in [0.25, 0.3) is 10.0 Å². The Labute approximate surface area is 255 Å². The Balaban J connectivity index is 2.14. The van der Waals surface area contributed by atoms with Crippen LogP contribution in [0.15, 0.2) is 71.6 Å². The van der Waals surface area contributed by atoms with Crippen LogP contribution in [-0.4, -0.2) is 58.0 Å². The summed E-state index contributed by atoms with van der Waals surface area (Å²) in [6, 6.07) is 17.9. The van der Waals surface area contributed by atoms with Crippen LogP contribution in [0.4, 0.5) is 5.69 Å². The lowest BCUT2D eigenvalue weighted by Gasteiger charge is -2.34. The summed E-state index contributed by atoms with van der Waals surface area (Å²) in [4.78, 5) is 29.3. The molecule has 2 amide bonds. The third kappa shape index (κ3) is 8.28. The van der Waals surface area contributed by atoms with Gasteiger partial charge in [-0.3, -0.25) is 13.9 Å². The van der Waals surface area contributed by atoms with Gasteiger partial charge in [-0.15, -0.1) is 0 Å². The van der Waals surface area contributed by atoms with Gasteiger partial charge >= 0.3 is 0 Å². The van der Waals surface area contributed by atoms with E-state index < -0.39 is 28.5 Å². The largest absolute Gasteiger partial charge is 0.497 e. The normalized spacial score (nSPS) is 12.6. The van der Waals surface area contributed by atoms with Gasteiger partial charge in [0.15, 0.2) is 0 Å². The lowest BCUT2D eigenvalue weighted by atomic mass is 10.1. The summed E-state index contributed by atoms with van der Waals surface area (Å²) in [5.74, 6) is 0.0763. The van der Waals surface area contributed by atoms with Crippen LogP contribution < -0.4 is 19.1 Å². The van der Waals surface area contributed by atoms with E-state index in [1.54, 1.807) is 43.5 Å². The van der Waals surface area contributed by atoms with Gasteiger partial charge in [-0.05, 0) is 81.1 Å². The molecular weight excluding hydrogens is 566 g/mol. The molecule has 0 fully saturated rings. The molecular formula is C33H43N3O6S. The maximum absolute atomic E-state index is 14.3. The minimum Gasteiger partial charge on any atom is -0.497 e. The van der Waals surface area contributed by atoms with Gasteiger partial charge in [0.05, 0.1) is 24.8 Å². The van der Waals surface area contributed by atoms with Crippen molar-refractivity contribution >= 4 is 27.5 Å². The molecule has 0 aliphatic heterocycles. The fourth-order valence-electron chi connectivity index (χ4n) is 4.67. The number of nitrogens with zero attached hydrogens (tertiary/aromatic N) is 2. The SMILES string of the molecule is CC[C@@H](C)NC(=O)[C@@H](CC)N(Cc1cccc(OC)c1)C(=O)CN(c1cc(C)ccc1OC)S(=O)(=O)c1ccc(C)cc1. The summed E-state index contributed by atoms with van der Waals surface area (Å²) in [7, 11) is -1.22. The molecule has 3 aromatic carbocycles. The average molecular weight is 610 g/mol. The van der Waals surface area contributed by atoms with Gasteiger partial charge in [-0.2, -0.15) is 0 Å². The van der Waals surface area contributed by atoms with E-state index in [0.717, 1.165) is 27.4 Å². The maximum atomic E-state index is 14.3. The average Bonchev–Trinajstić information content (AvgIpc) is 2.99. The number of carbonyl (C=O) groups excluding carboxylic acids is 2. The number of carbonyl (C=O) groups is 2. The van der Waals surface area contributed by atoms with Crippen molar-refractivity contribution in [2.75, 3.05) is 25.1 Å². The second-order valence-electron chi connectivity index (χ2n) is 10.6. The summed E-state index contributed by atoms with van der Waals surface area (Å²) in [6.45, 7) is 8.93. The monoisotopic (exact) mass is 609 g/mol. The van der Waals surface area contributed by atoms with Crippen LogP contribution in [0.5, 0.6) is 11.5 Å². The first kappa shape index (κ1) is 33.5. The number of methoxy groups -OCH3 is 2. The molecule has 3 aromatic rings. The first-order chi connectivity index (χ1) is 20.4. The highest BCUT2D eigenvalue weighted by atomic mass is 32.2. The highest BCUT2D eigenvalue weighted by molar-refractivity contribution is 7.92. The van der Waals surface area contributed by atoms with Crippen LogP contribution in [0.3, 0.4) is 0 Å². The lowest BCUT2D eigenvalue weighted by molar-refractivity contribution is -0.140. The number of sulfonamides is 1. The Bertz CT molecular complexity index is 1510. The molecule has 232 valence electrons. The molecule has 1 N–H and O–H groups in total. The topological polar surface area (TPSA) is 105 Å². The number of nitrogens with one attached hydrogen (secondary N) is 1. The molecule has 9 nitrogen and oxygen atoms in total. The molecule has 10 heteroatoms. The smallest absolute Gasteiger partial charge is 0.264 e. The van der Waals surface area contributed by atoms with Crippen LogP contribution in [0.1, 0.15) is 50.3 Å². The van der Waals surface area contributed by atoms with Gasteiger partial charge < -0.3 is 19.7 Å². The molecule has 0 aliphatic rings. The zero-order valence-electron chi connectivity index (χ0n) is 26.1. The Hall–Kier alpha value is -4.05. The second kappa shape index (κ2) is 14.9. The number of rotatable bonds is 14. The van der Waals surface area contributed by atoms with Gasteiger partial charge in [0.1, 0.15) is 24.1 Å². The van der Waals surface area contributed by atoms with E-state index in [4.69, 9.17) is 9.47 Å². The van der Waals surface area contributed by atoms with E-state index in [1.165, 1.54) is 24.1 Å². The van der Waals surface area contributed by atoms with E-state index in [-0.39, 0.29) is 29.1 Å². The predicted octanol–water partition coefficient (Wildman–Crippen LogP) is 5.24. The summed E-state index contributed by atoms with van der Waals surface area (Å²) >= 11 is 0. The van der Waals surface area contributed by atoms with Crippen molar-refractivity contribution in [3.8, 4) is 11.5 Å². The molecule has 0 aliphatic carbocycles. The number of aryl methyl sites for hydroxylation is 2. The van der Waals surface area contributed by atoms with Crippen LogP contribution in [0, 0.1) is 13.8 Å². The third-order valence-corrected chi connectivity index (χ3v) is 9.14. The molecule has 43 heavy (non-hydrogen) atoms. The first-order valence-corrected chi connectivity index (χ1v) is 15.9. The van der Waals surface area contributed by atoms with Gasteiger partial charge in [0.2, 0.25) is 11.8 Å². The standard InChI is InChI=1S/C33H43N3O6S/c1-8-25(5)34-33(38)29(9-2)35(21-26-11-10-12-27(20-26)41-6)32(37)22-36(30-19-24(4)15-18-31(30)42-7)43(39,40)28-16-13-23(3)14-17-28/h10-20,25,29H,8-9,21-22H2,1-7H3,(H,34,38)/t25-,29-/m1/s1. The summed E-state index contributed by atoms with van der Waals surface area (Å²) in [5, 5.41) is 2.99. The van der Waals surface area contributed by atoms with Crippen LogP contribution in [-0.2, 0) is 26.2 Å². The quantitative estimate of drug-likeness (QED) is 0.268. The Morgan fingerprint density at radius 3 is 2.16 bits per heavy atom. The number of anilines is 1. The molecule has 0 aromatic heterocycles. The van der Waals surface area contributed by atoms with Crippen molar-refractivity contribution in [1.29, 1.82) is 0 Å². The van der Waals surface area contributed by atoms with Crippen molar-refractivity contribution in [3.05, 3.63) is 83.4 Å².